The van der Waals surface area contributed by atoms with Gasteiger partial charge in [-0.25, -0.2) is 14.4 Å². The van der Waals surface area contributed by atoms with Crippen LogP contribution in [0.1, 0.15) is 143 Å². The first-order valence-corrected chi connectivity index (χ1v) is 19.7. The normalized spacial score (nSPS) is 21.1. The first-order chi connectivity index (χ1) is 22.7. The summed E-state index contributed by atoms with van der Waals surface area (Å²) in [5.41, 5.74) is -0.718. The molecule has 1 aliphatic heterocycles. The Hall–Kier alpha value is -1.66. The van der Waals surface area contributed by atoms with Gasteiger partial charge in [0.05, 0.1) is 19.6 Å². The van der Waals surface area contributed by atoms with E-state index in [4.69, 9.17) is 13.8 Å². The molecule has 0 aliphatic carbocycles. The molecule has 1 aromatic rings. The second kappa shape index (κ2) is 24.5. The van der Waals surface area contributed by atoms with Crippen molar-refractivity contribution in [1.82, 2.24) is 14.5 Å². The summed E-state index contributed by atoms with van der Waals surface area (Å²) in [6.45, 7) is 7.65. The lowest BCUT2D eigenvalue weighted by molar-refractivity contribution is -0.0551. The van der Waals surface area contributed by atoms with E-state index in [1.165, 1.54) is 89.3 Å². The Morgan fingerprint density at radius 1 is 0.851 bits per heavy atom. The van der Waals surface area contributed by atoms with Crippen LogP contribution in [0.2, 0.25) is 0 Å². The van der Waals surface area contributed by atoms with Gasteiger partial charge >= 0.3 is 13.5 Å². The zero-order valence-electron chi connectivity index (χ0n) is 29.2. The number of hydrogen-bond donors (Lipinski definition) is 3. The van der Waals surface area contributed by atoms with Gasteiger partial charge in [0.2, 0.25) is 0 Å². The highest BCUT2D eigenvalue weighted by atomic mass is 31.2. The number of aliphatic hydroxyl groups is 2. The molecule has 3 N–H and O–H groups in total. The average molecular weight is 687 g/mol. The number of aliphatic imine (C=N–C) groups is 1. The molecule has 13 heteroatoms. The van der Waals surface area contributed by atoms with E-state index in [1.807, 2.05) is 4.90 Å². The van der Waals surface area contributed by atoms with E-state index in [9.17, 15) is 24.5 Å². The second-order valence-corrected chi connectivity index (χ2v) is 14.2. The lowest BCUT2D eigenvalue weighted by Gasteiger charge is -2.18. The molecule has 0 bridgehead atoms. The third-order valence-corrected chi connectivity index (χ3v) is 9.44. The summed E-state index contributed by atoms with van der Waals surface area (Å²) in [4.78, 5) is 33.1. The molecule has 2 heterocycles. The number of aliphatic hydroxyl groups excluding tert-OH is 2. The molecule has 0 radical (unpaired) electrons. The molecule has 0 saturated carbocycles. The number of aromatic nitrogens is 2. The molecule has 3 unspecified atom stereocenters. The van der Waals surface area contributed by atoms with Gasteiger partial charge in [0.15, 0.2) is 12.0 Å². The molecule has 0 spiro atoms. The van der Waals surface area contributed by atoms with Crippen LogP contribution in [0, 0.1) is 0 Å². The molecule has 5 atom stereocenters. The summed E-state index contributed by atoms with van der Waals surface area (Å²) in [5.74, 6) is 0.207. The fourth-order valence-electron chi connectivity index (χ4n) is 5.74. The summed E-state index contributed by atoms with van der Waals surface area (Å²) in [6.07, 6.45) is 19.4. The molecule has 2 rings (SSSR count). The van der Waals surface area contributed by atoms with Crippen molar-refractivity contribution in [2.45, 2.75) is 161 Å². The van der Waals surface area contributed by atoms with E-state index in [-0.39, 0.29) is 12.4 Å². The average Bonchev–Trinajstić information content (AvgIpc) is 3.33. The minimum absolute atomic E-state index is 0.0795. The minimum atomic E-state index is -4.39. The predicted octanol–water partition coefficient (Wildman–Crippen LogP) is 7.04. The van der Waals surface area contributed by atoms with Crippen LogP contribution in [0.4, 0.5) is 5.82 Å². The van der Waals surface area contributed by atoms with Gasteiger partial charge in [-0.05, 0) is 25.3 Å². The molecule has 1 fully saturated rings. The van der Waals surface area contributed by atoms with Gasteiger partial charge in [0.25, 0.3) is 0 Å². The molecular formula is C34H63N4O8P. The smallest absolute Gasteiger partial charge is 0.387 e. The number of unbranched alkanes of at least 4 members (excludes halogenated alkanes) is 15. The molecule has 0 aromatic carbocycles. The molecule has 1 saturated heterocycles. The van der Waals surface area contributed by atoms with Crippen molar-refractivity contribution in [3.05, 3.63) is 22.7 Å². The van der Waals surface area contributed by atoms with Crippen LogP contribution in [0.15, 0.2) is 22.1 Å². The number of phosphoric ester groups is 1. The van der Waals surface area contributed by atoms with E-state index in [0.717, 1.165) is 49.8 Å². The number of phosphoric acid groups is 1. The van der Waals surface area contributed by atoms with E-state index >= 15 is 0 Å². The highest BCUT2D eigenvalue weighted by Gasteiger charge is 2.45. The topological polar surface area (TPSA) is 156 Å². The van der Waals surface area contributed by atoms with Crippen LogP contribution in [0.5, 0.6) is 0 Å². The van der Waals surface area contributed by atoms with Crippen molar-refractivity contribution in [2.75, 3.05) is 26.3 Å². The van der Waals surface area contributed by atoms with Gasteiger partial charge in [-0.1, -0.05) is 117 Å². The molecule has 12 nitrogen and oxygen atoms in total. The Kier molecular flexibility index (Phi) is 21.6. The third kappa shape index (κ3) is 17.0. The van der Waals surface area contributed by atoms with Crippen LogP contribution in [0.3, 0.4) is 0 Å². The standard InChI is InChI=1S/C34H63N4O8P/c1-4-7-8-9-10-11-12-13-14-15-16-17-18-19-20-21-26-44-47(42,43)45-27-29-31(39)32(40)33(46-29)38-25-22-30(36-34(38)41)35-28-37(23-5-2)24-6-3/h22,25,28-29,31-33,39-40H,4-21,23-24,26-27H2,1-3H3,(H,42,43)/t29-,31?,32?,33-/m1/s1. The van der Waals surface area contributed by atoms with E-state index in [2.05, 4.69) is 30.7 Å². The van der Waals surface area contributed by atoms with Crippen LogP contribution in [-0.2, 0) is 18.3 Å². The number of ether oxygens (including phenoxy) is 1. The van der Waals surface area contributed by atoms with Gasteiger partial charge in [-0.3, -0.25) is 13.6 Å². The van der Waals surface area contributed by atoms with Crippen LogP contribution in [-0.4, -0.2) is 80.5 Å². The van der Waals surface area contributed by atoms with Gasteiger partial charge in [0.1, 0.15) is 18.3 Å². The van der Waals surface area contributed by atoms with Crippen LogP contribution >= 0.6 is 7.82 Å². The van der Waals surface area contributed by atoms with Gasteiger partial charge in [0, 0.05) is 19.3 Å². The summed E-state index contributed by atoms with van der Waals surface area (Å²) >= 11 is 0. The van der Waals surface area contributed by atoms with Gasteiger partial charge in [-0.15, -0.1) is 0 Å². The largest absolute Gasteiger partial charge is 0.472 e. The van der Waals surface area contributed by atoms with Crippen molar-refractivity contribution in [3.8, 4) is 0 Å². The number of hydrogen-bond acceptors (Lipinski definition) is 9. The highest BCUT2D eigenvalue weighted by molar-refractivity contribution is 7.47. The van der Waals surface area contributed by atoms with Crippen LogP contribution < -0.4 is 5.69 Å². The fraction of sp³-hybridized carbons (Fsp3) is 0.853. The van der Waals surface area contributed by atoms with E-state index < -0.39 is 44.7 Å². The second-order valence-electron chi connectivity index (χ2n) is 12.7. The monoisotopic (exact) mass is 686 g/mol. The minimum Gasteiger partial charge on any atom is -0.387 e. The molecule has 272 valence electrons. The lowest BCUT2D eigenvalue weighted by Crippen LogP contribution is -2.36. The summed E-state index contributed by atoms with van der Waals surface area (Å²) in [5, 5.41) is 21.0. The summed E-state index contributed by atoms with van der Waals surface area (Å²) in [6, 6.07) is 1.51. The van der Waals surface area contributed by atoms with E-state index in [1.54, 1.807) is 6.34 Å². The molecule has 0 amide bonds. The van der Waals surface area contributed by atoms with Gasteiger partial charge < -0.3 is 24.7 Å². The van der Waals surface area contributed by atoms with Crippen molar-refractivity contribution in [2.24, 2.45) is 4.99 Å². The molecular weight excluding hydrogens is 623 g/mol. The fourth-order valence-corrected chi connectivity index (χ4v) is 6.51. The molecule has 1 aliphatic rings. The van der Waals surface area contributed by atoms with Crippen molar-refractivity contribution < 1.29 is 33.5 Å². The SMILES string of the molecule is CCCCCCCCCCCCCCCCCCOP(=O)(O)OC[C@H]1O[C@@H](n2ccc(N=CN(CCC)CCC)nc2=O)C(O)C1O. The van der Waals surface area contributed by atoms with Crippen molar-refractivity contribution in [3.63, 3.8) is 0 Å². The first kappa shape index (κ1) is 41.5. The zero-order valence-corrected chi connectivity index (χ0v) is 30.1. The Labute approximate surface area is 282 Å². The predicted molar refractivity (Wildman–Crippen MR) is 186 cm³/mol. The summed E-state index contributed by atoms with van der Waals surface area (Å²) in [7, 11) is -4.39. The Morgan fingerprint density at radius 3 is 1.89 bits per heavy atom. The molecule has 47 heavy (non-hydrogen) atoms. The number of nitrogens with zero attached hydrogens (tertiary/aromatic N) is 4. The zero-order chi connectivity index (χ0) is 34.3. The number of rotatable bonds is 28. The first-order valence-electron chi connectivity index (χ1n) is 18.2. The Balaban J connectivity index is 1.61. The maximum absolute atomic E-state index is 12.7. The molecule has 1 aromatic heterocycles. The third-order valence-electron chi connectivity index (χ3n) is 8.46. The van der Waals surface area contributed by atoms with Crippen LogP contribution in [0.25, 0.3) is 0 Å². The Morgan fingerprint density at radius 2 is 1.38 bits per heavy atom. The van der Waals surface area contributed by atoms with E-state index in [0.29, 0.717) is 6.42 Å². The van der Waals surface area contributed by atoms with Gasteiger partial charge in [-0.2, -0.15) is 4.98 Å². The Bertz CT molecular complexity index is 1080. The van der Waals surface area contributed by atoms with Crippen molar-refractivity contribution >= 4 is 20.0 Å². The quantitative estimate of drug-likeness (QED) is 0.0362. The maximum Gasteiger partial charge on any atom is 0.472 e. The summed E-state index contributed by atoms with van der Waals surface area (Å²) < 4.78 is 29.2. The van der Waals surface area contributed by atoms with Crippen molar-refractivity contribution in [1.29, 1.82) is 0 Å². The lowest BCUT2D eigenvalue weighted by atomic mass is 10.0. The maximum atomic E-state index is 12.7. The highest BCUT2D eigenvalue weighted by Crippen LogP contribution is 2.44.